The Bertz CT molecular complexity index is 217. The molecule has 7 heteroatoms. The second kappa shape index (κ2) is 6.28. The standard InChI is InChI=1S/C6H16N2O4S/c7-2-1-3-12-13(10,11)5-6(9)4-8/h6,9H,1-5,7-8H2. The van der Waals surface area contributed by atoms with Crippen molar-refractivity contribution in [1.82, 2.24) is 0 Å². The minimum atomic E-state index is -3.65. The molecule has 0 bridgehead atoms. The van der Waals surface area contributed by atoms with Crippen molar-refractivity contribution >= 4 is 10.1 Å². The van der Waals surface area contributed by atoms with Gasteiger partial charge in [0.15, 0.2) is 0 Å². The molecule has 0 amide bonds. The molecule has 0 saturated carbocycles. The van der Waals surface area contributed by atoms with Crippen LogP contribution in [-0.4, -0.2) is 45.1 Å². The second-order valence-corrected chi connectivity index (χ2v) is 4.26. The molecule has 0 aromatic carbocycles. The lowest BCUT2D eigenvalue weighted by Gasteiger charge is -2.08. The Morgan fingerprint density at radius 3 is 2.46 bits per heavy atom. The van der Waals surface area contributed by atoms with Crippen LogP contribution in [0.15, 0.2) is 0 Å². The van der Waals surface area contributed by atoms with Gasteiger partial charge < -0.3 is 16.6 Å². The normalized spacial score (nSPS) is 14.4. The maximum absolute atomic E-state index is 11.0. The quantitative estimate of drug-likeness (QED) is 0.332. The SMILES string of the molecule is NCCCOS(=O)(=O)CC(O)CN. The molecule has 0 aromatic rings. The third kappa shape index (κ3) is 6.91. The molecule has 0 fully saturated rings. The van der Waals surface area contributed by atoms with E-state index in [1.54, 1.807) is 0 Å². The molecule has 0 aliphatic heterocycles. The summed E-state index contributed by atoms with van der Waals surface area (Å²) in [6, 6.07) is 0. The van der Waals surface area contributed by atoms with Crippen molar-refractivity contribution in [2.24, 2.45) is 11.5 Å². The molecule has 1 atom stereocenters. The number of aliphatic hydroxyl groups excluding tert-OH is 1. The first kappa shape index (κ1) is 12.8. The fourth-order valence-corrected chi connectivity index (χ4v) is 1.70. The van der Waals surface area contributed by atoms with E-state index in [1.807, 2.05) is 0 Å². The molecular formula is C6H16N2O4S. The van der Waals surface area contributed by atoms with E-state index in [0.717, 1.165) is 0 Å². The molecule has 0 aliphatic carbocycles. The predicted molar refractivity (Wildman–Crippen MR) is 48.5 cm³/mol. The van der Waals surface area contributed by atoms with Gasteiger partial charge in [-0.15, -0.1) is 0 Å². The van der Waals surface area contributed by atoms with Gasteiger partial charge in [-0.2, -0.15) is 8.42 Å². The van der Waals surface area contributed by atoms with Crippen LogP contribution in [0.3, 0.4) is 0 Å². The third-order valence-corrected chi connectivity index (χ3v) is 2.60. The molecule has 0 heterocycles. The van der Waals surface area contributed by atoms with Crippen LogP contribution in [0.2, 0.25) is 0 Å². The second-order valence-electron chi connectivity index (χ2n) is 2.58. The van der Waals surface area contributed by atoms with E-state index in [1.165, 1.54) is 0 Å². The van der Waals surface area contributed by atoms with Gasteiger partial charge in [0, 0.05) is 6.54 Å². The Balaban J connectivity index is 3.81. The van der Waals surface area contributed by atoms with E-state index in [2.05, 4.69) is 4.18 Å². The molecule has 0 saturated heterocycles. The summed E-state index contributed by atoms with van der Waals surface area (Å²) in [5, 5.41) is 8.94. The van der Waals surface area contributed by atoms with E-state index in [-0.39, 0.29) is 13.2 Å². The average Bonchev–Trinajstić information content (AvgIpc) is 2.03. The van der Waals surface area contributed by atoms with Crippen molar-refractivity contribution in [3.8, 4) is 0 Å². The number of hydrogen-bond donors (Lipinski definition) is 3. The monoisotopic (exact) mass is 212 g/mol. The molecule has 80 valence electrons. The van der Waals surface area contributed by atoms with Crippen molar-refractivity contribution in [3.05, 3.63) is 0 Å². The van der Waals surface area contributed by atoms with E-state index < -0.39 is 22.0 Å². The first-order valence-corrected chi connectivity index (χ1v) is 5.55. The predicted octanol–water partition coefficient (Wildman–Crippen LogP) is -2.00. The van der Waals surface area contributed by atoms with Crippen LogP contribution in [0.4, 0.5) is 0 Å². The number of hydrogen-bond acceptors (Lipinski definition) is 6. The average molecular weight is 212 g/mol. The van der Waals surface area contributed by atoms with Crippen LogP contribution < -0.4 is 11.5 Å². The van der Waals surface area contributed by atoms with Gasteiger partial charge >= 0.3 is 0 Å². The van der Waals surface area contributed by atoms with Crippen LogP contribution in [-0.2, 0) is 14.3 Å². The summed E-state index contributed by atoms with van der Waals surface area (Å²) in [7, 11) is -3.65. The first-order chi connectivity index (χ1) is 6.02. The van der Waals surface area contributed by atoms with Crippen LogP contribution >= 0.6 is 0 Å². The molecule has 13 heavy (non-hydrogen) atoms. The highest BCUT2D eigenvalue weighted by atomic mass is 32.2. The van der Waals surface area contributed by atoms with Crippen molar-refractivity contribution < 1.29 is 17.7 Å². The van der Waals surface area contributed by atoms with Gasteiger partial charge in [-0.1, -0.05) is 0 Å². The fraction of sp³-hybridized carbons (Fsp3) is 1.00. The van der Waals surface area contributed by atoms with E-state index in [9.17, 15) is 8.42 Å². The van der Waals surface area contributed by atoms with Gasteiger partial charge in [-0.05, 0) is 13.0 Å². The smallest absolute Gasteiger partial charge is 0.269 e. The Kier molecular flexibility index (Phi) is 6.17. The molecular weight excluding hydrogens is 196 g/mol. The Labute approximate surface area is 78.0 Å². The summed E-state index contributed by atoms with van der Waals surface area (Å²) < 4.78 is 26.5. The highest BCUT2D eigenvalue weighted by Crippen LogP contribution is 1.97. The van der Waals surface area contributed by atoms with Gasteiger partial charge in [0.1, 0.15) is 5.75 Å². The minimum absolute atomic E-state index is 0.0517. The van der Waals surface area contributed by atoms with Crippen LogP contribution in [0.5, 0.6) is 0 Å². The highest BCUT2D eigenvalue weighted by molar-refractivity contribution is 7.86. The number of nitrogens with two attached hydrogens (primary N) is 2. The van der Waals surface area contributed by atoms with E-state index in [4.69, 9.17) is 16.6 Å². The van der Waals surface area contributed by atoms with Crippen molar-refractivity contribution in [2.75, 3.05) is 25.4 Å². The Hall–Kier alpha value is -0.210. The van der Waals surface area contributed by atoms with E-state index >= 15 is 0 Å². The minimum Gasteiger partial charge on any atom is -0.391 e. The number of rotatable bonds is 7. The van der Waals surface area contributed by atoms with Gasteiger partial charge in [0.2, 0.25) is 0 Å². The largest absolute Gasteiger partial charge is 0.391 e. The summed E-state index contributed by atoms with van der Waals surface area (Å²) in [5.74, 6) is -0.464. The lowest BCUT2D eigenvalue weighted by Crippen LogP contribution is -2.29. The molecule has 0 spiro atoms. The zero-order valence-electron chi connectivity index (χ0n) is 7.35. The van der Waals surface area contributed by atoms with Crippen molar-refractivity contribution in [3.63, 3.8) is 0 Å². The van der Waals surface area contributed by atoms with Gasteiger partial charge in [0.05, 0.1) is 12.7 Å². The zero-order chi connectivity index (χ0) is 10.3. The Morgan fingerprint density at radius 1 is 1.38 bits per heavy atom. The molecule has 0 aromatic heterocycles. The molecule has 0 aliphatic rings. The summed E-state index contributed by atoms with van der Waals surface area (Å²) in [6.07, 6.45) is -0.597. The zero-order valence-corrected chi connectivity index (χ0v) is 8.16. The summed E-state index contributed by atoms with van der Waals surface area (Å²) >= 11 is 0. The fourth-order valence-electron chi connectivity index (χ4n) is 0.621. The van der Waals surface area contributed by atoms with Crippen LogP contribution in [0.1, 0.15) is 6.42 Å². The molecule has 6 nitrogen and oxygen atoms in total. The maximum atomic E-state index is 11.0. The van der Waals surface area contributed by atoms with Crippen molar-refractivity contribution in [1.29, 1.82) is 0 Å². The molecule has 5 N–H and O–H groups in total. The summed E-state index contributed by atoms with van der Waals surface area (Å²) in [6.45, 7) is 0.324. The van der Waals surface area contributed by atoms with Crippen LogP contribution in [0, 0.1) is 0 Å². The summed E-state index contributed by atoms with van der Waals surface area (Å²) in [4.78, 5) is 0. The van der Waals surface area contributed by atoms with Gasteiger partial charge in [-0.3, -0.25) is 4.18 Å². The third-order valence-electron chi connectivity index (χ3n) is 1.28. The van der Waals surface area contributed by atoms with Gasteiger partial charge in [0.25, 0.3) is 10.1 Å². The van der Waals surface area contributed by atoms with E-state index in [0.29, 0.717) is 13.0 Å². The highest BCUT2D eigenvalue weighted by Gasteiger charge is 2.16. The van der Waals surface area contributed by atoms with Crippen molar-refractivity contribution in [2.45, 2.75) is 12.5 Å². The molecule has 0 radical (unpaired) electrons. The molecule has 0 rings (SSSR count). The molecule has 1 unspecified atom stereocenters. The topological polar surface area (TPSA) is 116 Å². The van der Waals surface area contributed by atoms with Gasteiger partial charge in [-0.25, -0.2) is 0 Å². The maximum Gasteiger partial charge on any atom is 0.269 e. The van der Waals surface area contributed by atoms with Crippen LogP contribution in [0.25, 0.3) is 0 Å². The lowest BCUT2D eigenvalue weighted by molar-refractivity contribution is 0.199. The lowest BCUT2D eigenvalue weighted by atomic mass is 10.4. The Morgan fingerprint density at radius 2 is 2.00 bits per heavy atom. The summed E-state index contributed by atoms with van der Waals surface area (Å²) in [5.41, 5.74) is 10.2. The first-order valence-electron chi connectivity index (χ1n) is 3.97. The number of aliphatic hydroxyl groups is 1.